The topological polar surface area (TPSA) is 65.1 Å². The van der Waals surface area contributed by atoms with E-state index in [-0.39, 0.29) is 24.6 Å². The van der Waals surface area contributed by atoms with Crippen molar-refractivity contribution in [3.8, 4) is 0 Å². The van der Waals surface area contributed by atoms with Crippen molar-refractivity contribution in [3.05, 3.63) is 48.0 Å². The number of cyclic esters (lactones) is 1. The van der Waals surface area contributed by atoms with E-state index in [0.717, 1.165) is 11.1 Å². The lowest BCUT2D eigenvalue weighted by atomic mass is 9.93. The molecule has 2 heterocycles. The van der Waals surface area contributed by atoms with Gasteiger partial charge in [0.1, 0.15) is 24.5 Å². The van der Waals surface area contributed by atoms with E-state index in [2.05, 4.69) is 6.58 Å². The lowest BCUT2D eigenvalue weighted by Gasteiger charge is -2.34. The van der Waals surface area contributed by atoms with Crippen LogP contribution in [0.4, 0.5) is 4.79 Å². The van der Waals surface area contributed by atoms with Crippen molar-refractivity contribution < 1.29 is 23.8 Å². The molecule has 2 aliphatic rings. The zero-order chi connectivity index (χ0) is 20.5. The van der Waals surface area contributed by atoms with Crippen molar-refractivity contribution in [1.82, 2.24) is 4.90 Å². The normalized spacial score (nSPS) is 28.9. The van der Waals surface area contributed by atoms with Gasteiger partial charge < -0.3 is 14.2 Å². The van der Waals surface area contributed by atoms with Gasteiger partial charge in [0.25, 0.3) is 0 Å². The van der Waals surface area contributed by atoms with E-state index < -0.39 is 24.0 Å². The number of allylic oxidation sites excluding steroid dienone is 1. The SMILES string of the molecule is C=C(C)C[C@@H]1C[C@@H]([C@@H]2[C@@H](C)OC(C)(C)N2C(=O)OCc2ccccc2)OC1=O. The molecule has 2 aliphatic heterocycles. The van der Waals surface area contributed by atoms with Gasteiger partial charge in [-0.05, 0) is 39.7 Å². The fourth-order valence-electron chi connectivity index (χ4n) is 4.22. The van der Waals surface area contributed by atoms with Crippen LogP contribution in [0.1, 0.15) is 46.1 Å². The van der Waals surface area contributed by atoms with E-state index in [0.29, 0.717) is 12.8 Å². The second kappa shape index (κ2) is 7.95. The van der Waals surface area contributed by atoms with Gasteiger partial charge in [-0.3, -0.25) is 9.69 Å². The van der Waals surface area contributed by atoms with Gasteiger partial charge in [-0.1, -0.05) is 35.9 Å². The van der Waals surface area contributed by atoms with E-state index in [4.69, 9.17) is 14.2 Å². The van der Waals surface area contributed by atoms with Crippen molar-refractivity contribution in [2.24, 2.45) is 5.92 Å². The first kappa shape index (κ1) is 20.4. The Morgan fingerprint density at radius 2 is 2.00 bits per heavy atom. The number of hydrogen-bond donors (Lipinski definition) is 0. The molecule has 0 aliphatic carbocycles. The number of amides is 1. The van der Waals surface area contributed by atoms with Crippen LogP contribution in [0.3, 0.4) is 0 Å². The van der Waals surface area contributed by atoms with Crippen molar-refractivity contribution >= 4 is 12.1 Å². The predicted octanol–water partition coefficient (Wildman–Crippen LogP) is 4.05. The van der Waals surface area contributed by atoms with Crippen LogP contribution in [0.5, 0.6) is 0 Å². The molecule has 152 valence electrons. The quantitative estimate of drug-likeness (QED) is 0.563. The van der Waals surface area contributed by atoms with Gasteiger partial charge in [0.2, 0.25) is 0 Å². The van der Waals surface area contributed by atoms with E-state index in [1.807, 2.05) is 58.0 Å². The maximum Gasteiger partial charge on any atom is 0.412 e. The molecular weight excluding hydrogens is 358 g/mol. The Morgan fingerprint density at radius 1 is 1.32 bits per heavy atom. The number of carbonyl (C=O) groups is 2. The van der Waals surface area contributed by atoms with E-state index >= 15 is 0 Å². The number of benzene rings is 1. The minimum Gasteiger partial charge on any atom is -0.460 e. The molecule has 0 aromatic heterocycles. The molecule has 1 amide bonds. The molecule has 0 saturated carbocycles. The molecule has 0 unspecified atom stereocenters. The maximum absolute atomic E-state index is 13.0. The van der Waals surface area contributed by atoms with Gasteiger partial charge in [0, 0.05) is 6.42 Å². The monoisotopic (exact) mass is 387 g/mol. The maximum atomic E-state index is 13.0. The third-order valence-corrected chi connectivity index (χ3v) is 5.33. The Morgan fingerprint density at radius 3 is 2.64 bits per heavy atom. The highest BCUT2D eigenvalue weighted by molar-refractivity contribution is 5.75. The molecule has 0 N–H and O–H groups in total. The third kappa shape index (κ3) is 4.22. The van der Waals surface area contributed by atoms with Crippen molar-refractivity contribution in [3.63, 3.8) is 0 Å². The largest absolute Gasteiger partial charge is 0.460 e. The van der Waals surface area contributed by atoms with Gasteiger partial charge in [-0.15, -0.1) is 6.58 Å². The van der Waals surface area contributed by atoms with Gasteiger partial charge in [0.15, 0.2) is 0 Å². The molecule has 0 bridgehead atoms. The number of hydrogen-bond acceptors (Lipinski definition) is 5. The minimum atomic E-state index is -0.850. The summed E-state index contributed by atoms with van der Waals surface area (Å²) in [6.07, 6.45) is -0.0250. The fraction of sp³-hybridized carbons (Fsp3) is 0.545. The van der Waals surface area contributed by atoms with Crippen LogP contribution >= 0.6 is 0 Å². The van der Waals surface area contributed by atoms with Gasteiger partial charge in [-0.2, -0.15) is 0 Å². The average molecular weight is 387 g/mol. The zero-order valence-corrected chi connectivity index (χ0v) is 17.0. The number of carbonyl (C=O) groups excluding carboxylic acids is 2. The number of nitrogens with zero attached hydrogens (tertiary/aromatic N) is 1. The standard InChI is InChI=1S/C22H29NO5/c1-14(2)11-17-12-18(27-20(17)24)19-15(3)28-22(4,5)23(19)21(25)26-13-16-9-7-6-8-10-16/h6-10,15,17-19H,1,11-13H2,2-5H3/t15-,17-,18+,19+/m1/s1. The van der Waals surface area contributed by atoms with Gasteiger partial charge in [-0.25, -0.2) is 4.79 Å². The van der Waals surface area contributed by atoms with Crippen LogP contribution in [-0.4, -0.2) is 40.9 Å². The number of esters is 1. The van der Waals surface area contributed by atoms with Crippen molar-refractivity contribution in [2.45, 2.75) is 71.1 Å². The summed E-state index contributed by atoms with van der Waals surface area (Å²) in [7, 11) is 0. The Bertz CT molecular complexity index is 745. The number of rotatable bonds is 5. The highest BCUT2D eigenvalue weighted by Gasteiger charge is 2.55. The molecule has 28 heavy (non-hydrogen) atoms. The van der Waals surface area contributed by atoms with Crippen molar-refractivity contribution in [1.29, 1.82) is 0 Å². The Hall–Kier alpha value is -2.34. The first-order valence-electron chi connectivity index (χ1n) is 9.71. The molecule has 2 saturated heterocycles. The fourth-order valence-corrected chi connectivity index (χ4v) is 4.22. The molecule has 1 aromatic carbocycles. The van der Waals surface area contributed by atoms with Crippen LogP contribution < -0.4 is 0 Å². The summed E-state index contributed by atoms with van der Waals surface area (Å²) < 4.78 is 17.2. The molecule has 4 atom stereocenters. The van der Waals surface area contributed by atoms with Crippen LogP contribution in [0.25, 0.3) is 0 Å². The Kier molecular flexibility index (Phi) is 5.79. The minimum absolute atomic E-state index is 0.177. The molecule has 3 rings (SSSR count). The van der Waals surface area contributed by atoms with E-state index in [1.54, 1.807) is 4.90 Å². The molecule has 2 fully saturated rings. The molecular formula is C22H29NO5. The molecule has 6 heteroatoms. The third-order valence-electron chi connectivity index (χ3n) is 5.33. The lowest BCUT2D eigenvalue weighted by Crippen LogP contribution is -2.52. The average Bonchev–Trinajstić information content (AvgIpc) is 3.08. The first-order valence-corrected chi connectivity index (χ1v) is 9.71. The first-order chi connectivity index (χ1) is 13.2. The molecule has 6 nitrogen and oxygen atoms in total. The van der Waals surface area contributed by atoms with Crippen LogP contribution in [0, 0.1) is 5.92 Å². The zero-order valence-electron chi connectivity index (χ0n) is 17.0. The highest BCUT2D eigenvalue weighted by atomic mass is 16.6. The summed E-state index contributed by atoms with van der Waals surface area (Å²) in [6, 6.07) is 9.13. The highest BCUT2D eigenvalue weighted by Crippen LogP contribution is 2.40. The molecule has 0 radical (unpaired) electrons. The van der Waals surface area contributed by atoms with Gasteiger partial charge in [0.05, 0.1) is 12.0 Å². The smallest absolute Gasteiger partial charge is 0.412 e. The predicted molar refractivity (Wildman–Crippen MR) is 104 cm³/mol. The van der Waals surface area contributed by atoms with Crippen LogP contribution in [-0.2, 0) is 25.6 Å². The van der Waals surface area contributed by atoms with Crippen LogP contribution in [0.2, 0.25) is 0 Å². The Balaban J connectivity index is 1.74. The summed E-state index contributed by atoms with van der Waals surface area (Å²) in [5.74, 6) is -0.455. The summed E-state index contributed by atoms with van der Waals surface area (Å²) in [6.45, 7) is 11.5. The summed E-state index contributed by atoms with van der Waals surface area (Å²) in [5.41, 5.74) is 1.00. The van der Waals surface area contributed by atoms with E-state index in [1.165, 1.54) is 0 Å². The molecule has 0 spiro atoms. The Labute approximate surface area is 166 Å². The lowest BCUT2D eigenvalue weighted by molar-refractivity contribution is -0.146. The summed E-state index contributed by atoms with van der Waals surface area (Å²) in [5, 5.41) is 0. The second-order valence-corrected chi connectivity index (χ2v) is 8.24. The summed E-state index contributed by atoms with van der Waals surface area (Å²) in [4.78, 5) is 26.8. The number of ether oxygens (including phenoxy) is 3. The van der Waals surface area contributed by atoms with E-state index in [9.17, 15) is 9.59 Å². The molecule has 1 aromatic rings. The second-order valence-electron chi connectivity index (χ2n) is 8.24. The van der Waals surface area contributed by atoms with Crippen molar-refractivity contribution in [2.75, 3.05) is 0 Å². The van der Waals surface area contributed by atoms with Gasteiger partial charge >= 0.3 is 12.1 Å². The summed E-state index contributed by atoms with van der Waals surface area (Å²) >= 11 is 0. The van der Waals surface area contributed by atoms with Crippen LogP contribution in [0.15, 0.2) is 42.5 Å².